The molecule has 0 radical (unpaired) electrons. The Balaban J connectivity index is 1.86. The molecule has 18 heavy (non-hydrogen) atoms. The molecule has 2 aliphatic rings. The summed E-state index contributed by atoms with van der Waals surface area (Å²) in [5.74, 6) is 2.50. The standard InChI is InChI=1S/C14H16BrN3/c15-13-5-12(6-16)14(17-7-13)18-8-10-3-1-2-4-11(10)9-18/h5,7,10-11H,1-4,8-9H2. The summed E-state index contributed by atoms with van der Waals surface area (Å²) in [6.07, 6.45) is 7.22. The molecule has 0 N–H and O–H groups in total. The van der Waals surface area contributed by atoms with Crippen LogP contribution < -0.4 is 4.90 Å². The number of rotatable bonds is 1. The Morgan fingerprint density at radius 1 is 1.28 bits per heavy atom. The molecule has 1 aliphatic heterocycles. The minimum Gasteiger partial charge on any atom is -0.355 e. The van der Waals surface area contributed by atoms with Crippen LogP contribution in [0, 0.1) is 23.2 Å². The molecule has 3 rings (SSSR count). The summed E-state index contributed by atoms with van der Waals surface area (Å²) in [6, 6.07) is 4.13. The van der Waals surface area contributed by atoms with Crippen molar-refractivity contribution >= 4 is 21.7 Å². The second kappa shape index (κ2) is 4.89. The molecule has 1 aromatic heterocycles. The first-order valence-corrected chi connectivity index (χ1v) is 7.38. The van der Waals surface area contributed by atoms with Crippen LogP contribution in [0.2, 0.25) is 0 Å². The molecule has 3 nitrogen and oxygen atoms in total. The number of nitrogens with zero attached hydrogens (tertiary/aromatic N) is 3. The van der Waals surface area contributed by atoms with Gasteiger partial charge in [-0.15, -0.1) is 0 Å². The molecule has 1 aliphatic carbocycles. The van der Waals surface area contributed by atoms with Crippen molar-refractivity contribution in [2.24, 2.45) is 11.8 Å². The number of fused-ring (bicyclic) bond motifs is 1. The number of hydrogen-bond donors (Lipinski definition) is 0. The van der Waals surface area contributed by atoms with Crippen LogP contribution in [0.25, 0.3) is 0 Å². The van der Waals surface area contributed by atoms with Crippen LogP contribution in [-0.4, -0.2) is 18.1 Å². The first kappa shape index (κ1) is 12.0. The van der Waals surface area contributed by atoms with Gasteiger partial charge in [-0.3, -0.25) is 0 Å². The van der Waals surface area contributed by atoms with Crippen molar-refractivity contribution in [3.63, 3.8) is 0 Å². The van der Waals surface area contributed by atoms with Gasteiger partial charge in [0.1, 0.15) is 11.9 Å². The first-order chi connectivity index (χ1) is 8.78. The largest absolute Gasteiger partial charge is 0.355 e. The van der Waals surface area contributed by atoms with Gasteiger partial charge in [0.2, 0.25) is 0 Å². The maximum atomic E-state index is 9.22. The number of nitriles is 1. The average molecular weight is 306 g/mol. The van der Waals surface area contributed by atoms with Crippen molar-refractivity contribution in [2.75, 3.05) is 18.0 Å². The van der Waals surface area contributed by atoms with Gasteiger partial charge in [0.15, 0.2) is 0 Å². The van der Waals surface area contributed by atoms with Gasteiger partial charge in [0.05, 0.1) is 5.56 Å². The Labute approximate surface area is 116 Å². The highest BCUT2D eigenvalue weighted by Gasteiger charge is 2.35. The van der Waals surface area contributed by atoms with Crippen LogP contribution in [-0.2, 0) is 0 Å². The summed E-state index contributed by atoms with van der Waals surface area (Å²) in [4.78, 5) is 6.76. The highest BCUT2D eigenvalue weighted by Crippen LogP contribution is 2.38. The molecular weight excluding hydrogens is 290 g/mol. The van der Waals surface area contributed by atoms with Crippen molar-refractivity contribution < 1.29 is 0 Å². The fourth-order valence-corrected chi connectivity index (χ4v) is 3.68. The van der Waals surface area contributed by atoms with E-state index in [-0.39, 0.29) is 0 Å². The van der Waals surface area contributed by atoms with Crippen LogP contribution in [0.1, 0.15) is 31.2 Å². The fraction of sp³-hybridized carbons (Fsp3) is 0.571. The lowest BCUT2D eigenvalue weighted by molar-refractivity contribution is 0.299. The molecule has 94 valence electrons. The highest BCUT2D eigenvalue weighted by atomic mass is 79.9. The summed E-state index contributed by atoms with van der Waals surface area (Å²) in [5.41, 5.74) is 0.683. The third-order valence-corrected chi connectivity index (χ3v) is 4.66. The SMILES string of the molecule is N#Cc1cc(Br)cnc1N1CC2CCCCC2C1. The quantitative estimate of drug-likeness (QED) is 0.799. The first-order valence-electron chi connectivity index (χ1n) is 6.58. The van der Waals surface area contributed by atoms with E-state index >= 15 is 0 Å². The van der Waals surface area contributed by atoms with Crippen LogP contribution in [0.5, 0.6) is 0 Å². The molecule has 0 bridgehead atoms. The monoisotopic (exact) mass is 305 g/mol. The van der Waals surface area contributed by atoms with E-state index in [1.54, 1.807) is 6.20 Å². The fourth-order valence-electron chi connectivity index (χ4n) is 3.35. The lowest BCUT2D eigenvalue weighted by atomic mass is 9.82. The van der Waals surface area contributed by atoms with Crippen molar-refractivity contribution in [3.8, 4) is 6.07 Å². The van der Waals surface area contributed by atoms with E-state index in [4.69, 9.17) is 0 Å². The molecule has 2 heterocycles. The van der Waals surface area contributed by atoms with E-state index in [2.05, 4.69) is 31.9 Å². The van der Waals surface area contributed by atoms with Gasteiger partial charge in [-0.25, -0.2) is 4.98 Å². The van der Waals surface area contributed by atoms with Gasteiger partial charge in [-0.05, 0) is 46.7 Å². The van der Waals surface area contributed by atoms with Gasteiger partial charge < -0.3 is 4.90 Å². The third-order valence-electron chi connectivity index (χ3n) is 4.23. The summed E-state index contributed by atoms with van der Waals surface area (Å²) in [7, 11) is 0. The summed E-state index contributed by atoms with van der Waals surface area (Å²) >= 11 is 3.37. The molecule has 2 unspecified atom stereocenters. The lowest BCUT2D eigenvalue weighted by Crippen LogP contribution is -2.22. The number of halogens is 1. The maximum Gasteiger partial charge on any atom is 0.146 e. The molecule has 2 fully saturated rings. The number of hydrogen-bond acceptors (Lipinski definition) is 3. The Hall–Kier alpha value is -1.08. The molecule has 0 spiro atoms. The minimum absolute atomic E-state index is 0.683. The van der Waals surface area contributed by atoms with E-state index in [1.807, 2.05) is 6.07 Å². The number of pyridine rings is 1. The second-order valence-corrected chi connectivity index (χ2v) is 6.26. The summed E-state index contributed by atoms with van der Waals surface area (Å²) in [6.45, 7) is 2.15. The topological polar surface area (TPSA) is 39.9 Å². The molecule has 0 amide bonds. The van der Waals surface area contributed by atoms with E-state index in [1.165, 1.54) is 25.7 Å². The molecule has 0 aromatic carbocycles. The normalized spacial score (nSPS) is 26.8. The Morgan fingerprint density at radius 3 is 2.56 bits per heavy atom. The zero-order valence-corrected chi connectivity index (χ0v) is 11.9. The van der Waals surface area contributed by atoms with Gasteiger partial charge in [-0.1, -0.05) is 12.8 Å². The maximum absolute atomic E-state index is 9.22. The predicted octanol–water partition coefficient (Wildman–Crippen LogP) is 3.34. The molecule has 1 saturated heterocycles. The van der Waals surface area contributed by atoms with Crippen molar-refractivity contribution in [3.05, 3.63) is 22.3 Å². The van der Waals surface area contributed by atoms with E-state index in [0.29, 0.717) is 5.56 Å². The van der Waals surface area contributed by atoms with Crippen molar-refractivity contribution in [1.29, 1.82) is 5.26 Å². The molecule has 1 aromatic rings. The summed E-state index contributed by atoms with van der Waals surface area (Å²) < 4.78 is 0.874. The van der Waals surface area contributed by atoms with Gasteiger partial charge in [-0.2, -0.15) is 5.26 Å². The molecule has 4 heteroatoms. The molecule has 2 atom stereocenters. The number of anilines is 1. The van der Waals surface area contributed by atoms with Crippen LogP contribution >= 0.6 is 15.9 Å². The minimum atomic E-state index is 0.683. The highest BCUT2D eigenvalue weighted by molar-refractivity contribution is 9.10. The van der Waals surface area contributed by atoms with E-state index in [0.717, 1.165) is 35.2 Å². The average Bonchev–Trinajstić information content (AvgIpc) is 2.82. The van der Waals surface area contributed by atoms with Crippen LogP contribution in [0.4, 0.5) is 5.82 Å². The molecular formula is C14H16BrN3. The van der Waals surface area contributed by atoms with Crippen LogP contribution in [0.15, 0.2) is 16.7 Å². The van der Waals surface area contributed by atoms with Crippen molar-refractivity contribution in [2.45, 2.75) is 25.7 Å². The zero-order chi connectivity index (χ0) is 12.5. The Morgan fingerprint density at radius 2 is 1.94 bits per heavy atom. The number of aromatic nitrogens is 1. The van der Waals surface area contributed by atoms with E-state index in [9.17, 15) is 5.26 Å². The molecule has 1 saturated carbocycles. The zero-order valence-electron chi connectivity index (χ0n) is 10.3. The van der Waals surface area contributed by atoms with Crippen molar-refractivity contribution in [1.82, 2.24) is 4.98 Å². The second-order valence-electron chi connectivity index (χ2n) is 5.35. The van der Waals surface area contributed by atoms with Gasteiger partial charge >= 0.3 is 0 Å². The van der Waals surface area contributed by atoms with Crippen LogP contribution in [0.3, 0.4) is 0 Å². The predicted molar refractivity (Wildman–Crippen MR) is 74.3 cm³/mol. The van der Waals surface area contributed by atoms with Gasteiger partial charge in [0, 0.05) is 23.8 Å². The van der Waals surface area contributed by atoms with E-state index < -0.39 is 0 Å². The van der Waals surface area contributed by atoms with Gasteiger partial charge in [0.25, 0.3) is 0 Å². The Kier molecular flexibility index (Phi) is 3.25. The third kappa shape index (κ3) is 2.12. The lowest BCUT2D eigenvalue weighted by Gasteiger charge is -2.22. The smallest absolute Gasteiger partial charge is 0.146 e. The summed E-state index contributed by atoms with van der Waals surface area (Å²) in [5, 5.41) is 9.22. The Bertz CT molecular complexity index is 480.